The molecule has 0 saturated carbocycles. The minimum atomic E-state index is -0.168. The first-order valence-corrected chi connectivity index (χ1v) is 8.04. The summed E-state index contributed by atoms with van der Waals surface area (Å²) < 4.78 is 0. The number of hydrogen-bond donors (Lipinski definition) is 1. The fourth-order valence-corrected chi connectivity index (χ4v) is 3.82. The molecule has 1 amide bonds. The maximum absolute atomic E-state index is 12.8. The minimum Gasteiger partial charge on any atom is -0.340 e. The molecule has 1 N–H and O–H groups in total. The number of piperidine rings is 1. The topological polar surface area (TPSA) is 32.3 Å². The Bertz CT molecular complexity index is 391. The third kappa shape index (κ3) is 3.37. The molecule has 0 aliphatic carbocycles. The highest BCUT2D eigenvalue weighted by Gasteiger charge is 2.40. The fourth-order valence-electron chi connectivity index (χ4n) is 3.06. The fraction of sp³-hybridized carbons (Fsp3) is 0.667. The van der Waals surface area contributed by atoms with Gasteiger partial charge in [0.1, 0.15) is 0 Å². The van der Waals surface area contributed by atoms with Crippen molar-refractivity contribution in [2.75, 3.05) is 20.1 Å². The summed E-state index contributed by atoms with van der Waals surface area (Å²) in [4.78, 5) is 16.0. The van der Waals surface area contributed by atoms with Crippen LogP contribution in [0.1, 0.15) is 37.5 Å². The van der Waals surface area contributed by atoms with Crippen LogP contribution in [0.4, 0.5) is 0 Å². The van der Waals surface area contributed by atoms with Gasteiger partial charge in [-0.05, 0) is 37.3 Å². The van der Waals surface area contributed by atoms with Crippen LogP contribution in [0.2, 0.25) is 0 Å². The lowest BCUT2D eigenvalue weighted by Gasteiger charge is -2.39. The summed E-state index contributed by atoms with van der Waals surface area (Å²) in [5.41, 5.74) is -0.168. The quantitative estimate of drug-likeness (QED) is 0.899. The van der Waals surface area contributed by atoms with Crippen molar-refractivity contribution < 1.29 is 4.79 Å². The summed E-state index contributed by atoms with van der Waals surface area (Å²) in [6.07, 6.45) is 4.20. The van der Waals surface area contributed by atoms with Crippen LogP contribution in [-0.4, -0.2) is 30.9 Å². The average Bonchev–Trinajstić information content (AvgIpc) is 2.92. The Labute approximate surface area is 120 Å². The highest BCUT2D eigenvalue weighted by atomic mass is 32.1. The second kappa shape index (κ2) is 6.53. The molecule has 1 aliphatic heterocycles. The van der Waals surface area contributed by atoms with E-state index in [1.54, 1.807) is 11.3 Å². The van der Waals surface area contributed by atoms with Crippen molar-refractivity contribution in [2.45, 2.75) is 39.2 Å². The van der Waals surface area contributed by atoms with E-state index in [2.05, 4.69) is 23.7 Å². The molecule has 19 heavy (non-hydrogen) atoms. The number of thiophene rings is 1. The number of amides is 1. The zero-order valence-electron chi connectivity index (χ0n) is 11.9. The number of rotatable bonds is 5. The van der Waals surface area contributed by atoms with Crippen molar-refractivity contribution in [3.05, 3.63) is 22.4 Å². The van der Waals surface area contributed by atoms with Crippen LogP contribution >= 0.6 is 11.3 Å². The van der Waals surface area contributed by atoms with Gasteiger partial charge in [0.15, 0.2) is 0 Å². The van der Waals surface area contributed by atoms with Crippen LogP contribution in [-0.2, 0) is 11.3 Å². The van der Waals surface area contributed by atoms with Crippen LogP contribution < -0.4 is 5.32 Å². The predicted octanol–water partition coefficient (Wildman–Crippen LogP) is 2.88. The number of carbonyl (C=O) groups excluding carboxylic acids is 1. The molecule has 1 atom stereocenters. The average molecular weight is 280 g/mol. The highest BCUT2D eigenvalue weighted by molar-refractivity contribution is 7.09. The zero-order valence-corrected chi connectivity index (χ0v) is 12.8. The third-order valence-electron chi connectivity index (χ3n) is 3.97. The van der Waals surface area contributed by atoms with E-state index in [9.17, 15) is 4.79 Å². The largest absolute Gasteiger partial charge is 0.340 e. The molecule has 2 heterocycles. The minimum absolute atomic E-state index is 0.168. The first-order valence-electron chi connectivity index (χ1n) is 7.16. The summed E-state index contributed by atoms with van der Waals surface area (Å²) in [6.45, 7) is 4.80. The van der Waals surface area contributed by atoms with E-state index in [1.165, 1.54) is 4.88 Å². The van der Waals surface area contributed by atoms with Gasteiger partial charge in [-0.2, -0.15) is 0 Å². The van der Waals surface area contributed by atoms with Gasteiger partial charge < -0.3 is 10.2 Å². The van der Waals surface area contributed by atoms with Gasteiger partial charge in [-0.1, -0.05) is 19.4 Å². The Balaban J connectivity index is 2.05. The van der Waals surface area contributed by atoms with Crippen molar-refractivity contribution >= 4 is 17.2 Å². The lowest BCUT2D eigenvalue weighted by molar-refractivity contribution is -0.143. The van der Waals surface area contributed by atoms with E-state index in [4.69, 9.17) is 0 Å². The number of hydrogen-bond acceptors (Lipinski definition) is 3. The summed E-state index contributed by atoms with van der Waals surface area (Å²) in [7, 11) is 1.94. The Morgan fingerprint density at radius 2 is 2.42 bits per heavy atom. The van der Waals surface area contributed by atoms with Gasteiger partial charge in [0, 0.05) is 18.5 Å². The lowest BCUT2D eigenvalue weighted by atomic mass is 9.76. The van der Waals surface area contributed by atoms with Crippen molar-refractivity contribution in [3.63, 3.8) is 0 Å². The van der Waals surface area contributed by atoms with Crippen molar-refractivity contribution in [1.29, 1.82) is 0 Å². The van der Waals surface area contributed by atoms with E-state index in [1.807, 2.05) is 18.0 Å². The van der Waals surface area contributed by atoms with Gasteiger partial charge >= 0.3 is 0 Å². The molecule has 106 valence electrons. The van der Waals surface area contributed by atoms with Crippen LogP contribution in [0.15, 0.2) is 17.5 Å². The van der Waals surface area contributed by atoms with Crippen molar-refractivity contribution in [3.8, 4) is 0 Å². The monoisotopic (exact) mass is 280 g/mol. The predicted molar refractivity (Wildman–Crippen MR) is 80.2 cm³/mol. The van der Waals surface area contributed by atoms with Gasteiger partial charge in [0.05, 0.1) is 12.0 Å². The summed E-state index contributed by atoms with van der Waals surface area (Å²) in [6, 6.07) is 4.14. The summed E-state index contributed by atoms with van der Waals surface area (Å²) >= 11 is 1.72. The number of nitrogens with zero attached hydrogens (tertiary/aromatic N) is 1. The van der Waals surface area contributed by atoms with Crippen LogP contribution in [0.25, 0.3) is 0 Å². The SMILES string of the molecule is CCCC1(C(=O)N(C)Cc2cccs2)CCCNC1. The summed E-state index contributed by atoms with van der Waals surface area (Å²) in [5, 5.41) is 5.48. The molecule has 2 rings (SSSR count). The van der Waals surface area contributed by atoms with Crippen LogP contribution in [0, 0.1) is 5.41 Å². The Morgan fingerprint density at radius 1 is 1.58 bits per heavy atom. The van der Waals surface area contributed by atoms with E-state index in [-0.39, 0.29) is 5.41 Å². The molecule has 0 aromatic carbocycles. The first-order chi connectivity index (χ1) is 9.18. The van der Waals surface area contributed by atoms with Gasteiger partial charge in [0.2, 0.25) is 5.91 Å². The Hall–Kier alpha value is -0.870. The van der Waals surface area contributed by atoms with E-state index < -0.39 is 0 Å². The van der Waals surface area contributed by atoms with Gasteiger partial charge in [-0.15, -0.1) is 11.3 Å². The van der Waals surface area contributed by atoms with Gasteiger partial charge in [-0.3, -0.25) is 4.79 Å². The molecule has 0 bridgehead atoms. The van der Waals surface area contributed by atoms with Crippen molar-refractivity contribution in [2.24, 2.45) is 5.41 Å². The Morgan fingerprint density at radius 3 is 3.00 bits per heavy atom. The molecule has 1 saturated heterocycles. The van der Waals surface area contributed by atoms with E-state index in [0.717, 1.165) is 45.3 Å². The smallest absolute Gasteiger partial charge is 0.230 e. The molecule has 1 aliphatic rings. The van der Waals surface area contributed by atoms with Gasteiger partial charge in [0.25, 0.3) is 0 Å². The molecule has 0 spiro atoms. The molecule has 1 fully saturated rings. The standard InChI is InChI=1S/C15H24N2OS/c1-3-7-15(8-5-9-16-12-15)14(18)17(2)11-13-6-4-10-19-13/h4,6,10,16H,3,5,7-9,11-12H2,1-2H3. The maximum Gasteiger partial charge on any atom is 0.230 e. The zero-order chi connectivity index (χ0) is 13.7. The highest BCUT2D eigenvalue weighted by Crippen LogP contribution is 2.34. The maximum atomic E-state index is 12.8. The molecular weight excluding hydrogens is 256 g/mol. The summed E-state index contributed by atoms with van der Waals surface area (Å²) in [5.74, 6) is 0.315. The number of nitrogens with one attached hydrogen (secondary N) is 1. The molecule has 3 nitrogen and oxygen atoms in total. The van der Waals surface area contributed by atoms with Gasteiger partial charge in [-0.25, -0.2) is 0 Å². The van der Waals surface area contributed by atoms with Crippen LogP contribution in [0.5, 0.6) is 0 Å². The van der Waals surface area contributed by atoms with E-state index in [0.29, 0.717) is 5.91 Å². The molecule has 1 unspecified atom stereocenters. The normalized spacial score (nSPS) is 23.3. The first kappa shape index (κ1) is 14.5. The van der Waals surface area contributed by atoms with E-state index >= 15 is 0 Å². The third-order valence-corrected chi connectivity index (χ3v) is 4.84. The molecule has 1 aromatic rings. The Kier molecular flexibility index (Phi) is 4.99. The van der Waals surface area contributed by atoms with Crippen molar-refractivity contribution in [1.82, 2.24) is 10.2 Å². The second-order valence-corrected chi connectivity index (χ2v) is 6.58. The molecule has 4 heteroatoms. The second-order valence-electron chi connectivity index (χ2n) is 5.55. The molecule has 0 radical (unpaired) electrons. The number of carbonyl (C=O) groups is 1. The molecule has 1 aromatic heterocycles. The molecular formula is C15H24N2OS. The lowest BCUT2D eigenvalue weighted by Crippen LogP contribution is -2.50. The van der Waals surface area contributed by atoms with Crippen LogP contribution in [0.3, 0.4) is 0 Å².